The van der Waals surface area contributed by atoms with Crippen molar-refractivity contribution in [3.8, 4) is 0 Å². The van der Waals surface area contributed by atoms with Crippen LogP contribution in [0.3, 0.4) is 0 Å². The largest absolute Gasteiger partial charge is 0.480 e. The molecular formula is C29H46N6O17P2. The van der Waals surface area contributed by atoms with E-state index >= 15 is 0 Å². The van der Waals surface area contributed by atoms with E-state index in [-0.39, 0.29) is 51.5 Å². The molecular weight excluding hydrogens is 766 g/mol. The average molecular weight is 813 g/mol. The van der Waals surface area contributed by atoms with E-state index < -0.39 is 87.6 Å². The Balaban J connectivity index is 2.00. The van der Waals surface area contributed by atoms with Gasteiger partial charge in [-0.3, -0.25) is 33.3 Å². The van der Waals surface area contributed by atoms with Gasteiger partial charge in [0.1, 0.15) is 0 Å². The van der Waals surface area contributed by atoms with Crippen LogP contribution < -0.4 is 21.3 Å². The van der Waals surface area contributed by atoms with Crippen LogP contribution in [0.2, 0.25) is 0 Å². The summed E-state index contributed by atoms with van der Waals surface area (Å²) in [5, 5.41) is 56.0. The molecule has 54 heavy (non-hydrogen) atoms. The second-order valence-corrected chi connectivity index (χ2v) is 16.4. The fourth-order valence-corrected chi connectivity index (χ4v) is 7.76. The molecule has 0 aliphatic carbocycles. The smallest absolute Gasteiger partial charge is 0.369 e. The van der Waals surface area contributed by atoms with Crippen LogP contribution in [0.4, 0.5) is 5.69 Å². The molecule has 2 amide bonds. The predicted octanol–water partition coefficient (Wildman–Crippen LogP) is -2.91. The maximum Gasteiger partial charge on any atom is 0.369 e. The molecule has 13 N–H and O–H groups in total. The lowest BCUT2D eigenvalue weighted by Gasteiger charge is -2.36. The molecule has 1 aromatic rings. The van der Waals surface area contributed by atoms with Gasteiger partial charge in [0.05, 0.1) is 6.54 Å². The normalized spacial score (nSPS) is 17.4. The minimum Gasteiger partial charge on any atom is -0.480 e. The fourth-order valence-electron chi connectivity index (χ4n) is 5.59. The predicted molar refractivity (Wildman–Crippen MR) is 185 cm³/mol. The van der Waals surface area contributed by atoms with Gasteiger partial charge >= 0.3 is 44.6 Å². The summed E-state index contributed by atoms with van der Waals surface area (Å²) in [6, 6.07) is 6.25. The Kier molecular flexibility index (Phi) is 17.3. The molecule has 1 aliphatic rings. The van der Waals surface area contributed by atoms with Gasteiger partial charge in [0.15, 0.2) is 0 Å². The summed E-state index contributed by atoms with van der Waals surface area (Å²) in [7, 11) is -11.3. The molecule has 1 saturated heterocycles. The number of nitrogens with one attached hydrogen (secondary N) is 4. The molecule has 1 aliphatic heterocycles. The van der Waals surface area contributed by atoms with Gasteiger partial charge in [0, 0.05) is 83.3 Å². The van der Waals surface area contributed by atoms with Crippen molar-refractivity contribution in [2.45, 2.75) is 48.8 Å². The SMILES string of the molecule is O=C(O)CN1CCN(C(C(=O)O)(C(=O)O)C(=O)O)CCNCCNC(Cc2ccc(NC(=O)CCCC(=O)NCCC(O)(P(=O)(O)O)P(=O)(O)O)cc2)C1. The van der Waals surface area contributed by atoms with E-state index in [4.69, 9.17) is 19.6 Å². The molecule has 0 bridgehead atoms. The number of amides is 2. The van der Waals surface area contributed by atoms with Crippen LogP contribution in [0.25, 0.3) is 0 Å². The number of nitrogens with zero attached hydrogens (tertiary/aromatic N) is 2. The highest BCUT2D eigenvalue weighted by Crippen LogP contribution is 2.68. The van der Waals surface area contributed by atoms with Crippen LogP contribution in [-0.4, -0.2) is 166 Å². The van der Waals surface area contributed by atoms with Crippen molar-refractivity contribution in [2.24, 2.45) is 0 Å². The van der Waals surface area contributed by atoms with Gasteiger partial charge in [0.2, 0.25) is 11.8 Å². The van der Waals surface area contributed by atoms with Crippen molar-refractivity contribution >= 4 is 56.6 Å². The number of aliphatic carboxylic acids is 4. The monoisotopic (exact) mass is 812 g/mol. The number of rotatable bonds is 18. The first-order valence-electron chi connectivity index (χ1n) is 16.4. The summed E-state index contributed by atoms with van der Waals surface area (Å²) in [6.45, 7) is -1.19. The van der Waals surface area contributed by atoms with Gasteiger partial charge in [-0.1, -0.05) is 12.1 Å². The summed E-state index contributed by atoms with van der Waals surface area (Å²) >= 11 is 0. The van der Waals surface area contributed by atoms with E-state index in [1.165, 1.54) is 4.90 Å². The first-order chi connectivity index (χ1) is 25.0. The summed E-state index contributed by atoms with van der Waals surface area (Å²) in [5.41, 5.74) is -2.12. The van der Waals surface area contributed by atoms with Crippen LogP contribution in [0.5, 0.6) is 0 Å². The lowest BCUT2D eigenvalue weighted by Crippen LogP contribution is -2.67. The van der Waals surface area contributed by atoms with Gasteiger partial charge in [0.25, 0.3) is 5.08 Å². The van der Waals surface area contributed by atoms with E-state index in [9.17, 15) is 63.4 Å². The first kappa shape index (κ1) is 46.3. The van der Waals surface area contributed by atoms with E-state index in [0.717, 1.165) is 10.5 Å². The summed E-state index contributed by atoms with van der Waals surface area (Å²) in [6.07, 6.45) is -1.08. The Hall–Kier alpha value is -3.86. The third-order valence-corrected chi connectivity index (χ3v) is 12.3. The Labute approximate surface area is 308 Å². The minimum absolute atomic E-state index is 0.0354. The van der Waals surface area contributed by atoms with Crippen LogP contribution in [0.15, 0.2) is 24.3 Å². The zero-order chi connectivity index (χ0) is 40.9. The van der Waals surface area contributed by atoms with E-state index in [1.807, 2.05) is 0 Å². The lowest BCUT2D eigenvalue weighted by molar-refractivity contribution is -0.179. The van der Waals surface area contributed by atoms with Gasteiger partial charge in [-0.2, -0.15) is 0 Å². The van der Waals surface area contributed by atoms with Gasteiger partial charge in [-0.05, 0) is 30.5 Å². The third-order valence-electron chi connectivity index (χ3n) is 8.46. The minimum atomic E-state index is -5.67. The summed E-state index contributed by atoms with van der Waals surface area (Å²) in [5.74, 6) is -8.66. The number of carboxylic acid groups (broad SMARTS) is 4. The molecule has 23 nitrogen and oxygen atoms in total. The first-order valence-corrected chi connectivity index (χ1v) is 19.6. The van der Waals surface area contributed by atoms with Crippen molar-refractivity contribution in [1.29, 1.82) is 0 Å². The number of benzene rings is 1. The Morgan fingerprint density at radius 2 is 1.37 bits per heavy atom. The van der Waals surface area contributed by atoms with Crippen molar-refractivity contribution < 1.29 is 83.0 Å². The number of anilines is 1. The molecule has 0 spiro atoms. The molecule has 1 atom stereocenters. The zero-order valence-electron chi connectivity index (χ0n) is 28.9. The highest BCUT2D eigenvalue weighted by Gasteiger charge is 2.60. The number of carbonyl (C=O) groups is 6. The number of hydrogen-bond acceptors (Lipinski definition) is 13. The van der Waals surface area contributed by atoms with Crippen molar-refractivity contribution in [1.82, 2.24) is 25.8 Å². The standard InChI is InChI=1S/C29H46N6O17P2/c36-22(32-9-8-28(46,53(47,48)49)54(50,51)52)2-1-3-23(37)33-20-6-4-19(5-7-20)16-21-17-34(18-24(38)39)14-15-35(13-12-30-10-11-31-21)29(25(40)41,26(42)43)27(44)45/h4-7,21,30-31,46H,1-3,8-18H2,(H,32,36)(H,33,37)(H,38,39)(H,40,41)(H,42,43)(H,44,45)(H2,47,48,49)(H2,50,51,52). The second-order valence-electron chi connectivity index (χ2n) is 12.4. The van der Waals surface area contributed by atoms with Crippen LogP contribution >= 0.6 is 15.2 Å². The van der Waals surface area contributed by atoms with Crippen molar-refractivity contribution in [3.05, 3.63) is 29.8 Å². The van der Waals surface area contributed by atoms with E-state index in [0.29, 0.717) is 25.2 Å². The fraction of sp³-hybridized carbons (Fsp3) is 0.586. The number of aliphatic hydroxyl groups is 1. The summed E-state index contributed by atoms with van der Waals surface area (Å²) in [4.78, 5) is 111. The maximum absolute atomic E-state index is 12.4. The van der Waals surface area contributed by atoms with Crippen molar-refractivity contribution in [2.75, 3.05) is 64.2 Å². The molecule has 0 saturated carbocycles. The Morgan fingerprint density at radius 1 is 0.796 bits per heavy atom. The molecule has 2 rings (SSSR count). The number of hydrogen-bond donors (Lipinski definition) is 13. The molecule has 25 heteroatoms. The molecule has 1 heterocycles. The highest BCUT2D eigenvalue weighted by atomic mass is 31.2. The second kappa shape index (κ2) is 20.2. The molecule has 1 fully saturated rings. The zero-order valence-corrected chi connectivity index (χ0v) is 30.7. The Bertz CT molecular complexity index is 1540. The number of carbonyl (C=O) groups excluding carboxylic acids is 2. The Morgan fingerprint density at radius 3 is 1.91 bits per heavy atom. The van der Waals surface area contributed by atoms with Gasteiger partial charge < -0.3 is 66.4 Å². The maximum atomic E-state index is 12.4. The average Bonchev–Trinajstić information content (AvgIpc) is 3.03. The van der Waals surface area contributed by atoms with Gasteiger partial charge in [-0.25, -0.2) is 14.4 Å². The highest BCUT2D eigenvalue weighted by molar-refractivity contribution is 7.72. The third kappa shape index (κ3) is 12.9. The van der Waals surface area contributed by atoms with Crippen LogP contribution in [-0.2, 0) is 44.3 Å². The number of carboxylic acids is 4. The van der Waals surface area contributed by atoms with Crippen LogP contribution in [0, 0.1) is 0 Å². The molecule has 1 aromatic carbocycles. The molecule has 0 aromatic heterocycles. The van der Waals surface area contributed by atoms with E-state index in [2.05, 4.69) is 21.3 Å². The summed E-state index contributed by atoms with van der Waals surface area (Å²) < 4.78 is 22.8. The van der Waals surface area contributed by atoms with Crippen molar-refractivity contribution in [3.63, 3.8) is 0 Å². The quantitative estimate of drug-likeness (QED) is 0.0522. The van der Waals surface area contributed by atoms with Gasteiger partial charge in [-0.15, -0.1) is 0 Å². The molecule has 0 radical (unpaired) electrons. The topological polar surface area (TPSA) is 373 Å². The molecule has 304 valence electrons. The lowest BCUT2D eigenvalue weighted by atomic mass is 9.97. The van der Waals surface area contributed by atoms with E-state index in [1.54, 1.807) is 24.3 Å². The molecule has 1 unspecified atom stereocenters. The van der Waals surface area contributed by atoms with Crippen LogP contribution in [0.1, 0.15) is 31.2 Å².